The fourth-order valence-electron chi connectivity index (χ4n) is 4.42. The summed E-state index contributed by atoms with van der Waals surface area (Å²) in [6, 6.07) is 0. The minimum Gasteiger partial charge on any atom is -0.375 e. The second-order valence-electron chi connectivity index (χ2n) is 8.11. The Morgan fingerprint density at radius 3 is 2.52 bits per heavy atom. The monoisotopic (exact) mass is 523 g/mol. The number of likely N-dealkylation sites (tertiary alicyclic amines) is 1. The molecule has 1 amide bonds. The third kappa shape index (κ3) is 7.52. The summed E-state index contributed by atoms with van der Waals surface area (Å²) in [7, 11) is 1.85. The minimum atomic E-state index is -0.139. The van der Waals surface area contributed by atoms with Crippen LogP contribution in [0.5, 0.6) is 0 Å². The molecule has 168 valence electrons. The number of aliphatic imine (C=N–C) groups is 1. The highest BCUT2D eigenvalue weighted by atomic mass is 127. The number of nitrogens with zero attached hydrogens (tertiary/aromatic N) is 3. The number of carbonyl (C=O) groups excluding carboxylic acids is 1. The second-order valence-corrected chi connectivity index (χ2v) is 8.11. The lowest BCUT2D eigenvalue weighted by Crippen LogP contribution is -2.53. The van der Waals surface area contributed by atoms with Gasteiger partial charge >= 0.3 is 0 Å². The van der Waals surface area contributed by atoms with Crippen LogP contribution in [0.25, 0.3) is 0 Å². The van der Waals surface area contributed by atoms with Gasteiger partial charge in [0.05, 0.1) is 12.7 Å². The molecular formula is C20H38IN5O3. The third-order valence-electron chi connectivity index (χ3n) is 6.16. The highest BCUT2D eigenvalue weighted by molar-refractivity contribution is 14.0. The molecule has 0 bridgehead atoms. The van der Waals surface area contributed by atoms with Crippen LogP contribution >= 0.6 is 24.0 Å². The smallest absolute Gasteiger partial charge is 0.220 e. The largest absolute Gasteiger partial charge is 0.375 e. The van der Waals surface area contributed by atoms with Gasteiger partial charge in [0.25, 0.3) is 0 Å². The fourth-order valence-corrected chi connectivity index (χ4v) is 4.42. The number of guanidine groups is 1. The highest BCUT2D eigenvalue weighted by Gasteiger charge is 2.32. The summed E-state index contributed by atoms with van der Waals surface area (Å²) in [6.45, 7) is 7.29. The number of rotatable bonds is 7. The molecule has 0 aromatic rings. The van der Waals surface area contributed by atoms with Crippen LogP contribution in [-0.2, 0) is 14.3 Å². The molecule has 9 heteroatoms. The van der Waals surface area contributed by atoms with Crippen LogP contribution in [0.1, 0.15) is 38.5 Å². The van der Waals surface area contributed by atoms with Gasteiger partial charge in [-0.2, -0.15) is 0 Å². The van der Waals surface area contributed by atoms with Gasteiger partial charge in [0.15, 0.2) is 5.96 Å². The molecule has 3 heterocycles. The number of unbranched alkanes of at least 4 members (excludes halogenated alkanes) is 1. The van der Waals surface area contributed by atoms with Gasteiger partial charge < -0.3 is 30.3 Å². The van der Waals surface area contributed by atoms with Crippen LogP contribution in [-0.4, -0.2) is 93.4 Å². The molecule has 0 spiro atoms. The zero-order valence-corrected chi connectivity index (χ0v) is 20.0. The number of primary amides is 1. The Labute approximate surface area is 191 Å². The van der Waals surface area contributed by atoms with E-state index in [1.165, 1.54) is 0 Å². The van der Waals surface area contributed by atoms with Crippen molar-refractivity contribution in [2.24, 2.45) is 16.6 Å². The molecular weight excluding hydrogens is 485 g/mol. The van der Waals surface area contributed by atoms with Crippen LogP contribution in [0.2, 0.25) is 0 Å². The molecule has 29 heavy (non-hydrogen) atoms. The first-order valence-corrected chi connectivity index (χ1v) is 10.9. The van der Waals surface area contributed by atoms with Crippen molar-refractivity contribution in [1.29, 1.82) is 0 Å². The number of piperidine rings is 1. The number of nitrogens with one attached hydrogen (secondary N) is 1. The minimum absolute atomic E-state index is 0. The molecule has 3 aliphatic rings. The summed E-state index contributed by atoms with van der Waals surface area (Å²) in [5.41, 5.74) is 5.40. The number of morpholine rings is 1. The van der Waals surface area contributed by atoms with Gasteiger partial charge in [-0.25, -0.2) is 0 Å². The van der Waals surface area contributed by atoms with Crippen molar-refractivity contribution in [1.82, 2.24) is 15.1 Å². The Morgan fingerprint density at radius 2 is 1.86 bits per heavy atom. The number of amides is 1. The molecule has 0 aromatic carbocycles. The molecule has 0 aliphatic carbocycles. The van der Waals surface area contributed by atoms with Gasteiger partial charge in [-0.1, -0.05) is 0 Å². The van der Waals surface area contributed by atoms with Crippen LogP contribution < -0.4 is 11.1 Å². The van der Waals surface area contributed by atoms with Crippen molar-refractivity contribution in [3.05, 3.63) is 0 Å². The zero-order chi connectivity index (χ0) is 19.8. The van der Waals surface area contributed by atoms with Gasteiger partial charge in [-0.05, 0) is 58.2 Å². The standard InChI is InChI=1S/C20H37N5O3.HI/c1-22-20(25-12-14-28-18(15-25)17-5-4-13-27-17)23-8-2-3-9-24-10-6-16(7-11-24)19(21)26;/h16-18H,2-15H2,1H3,(H2,21,26)(H,22,23);1H. The summed E-state index contributed by atoms with van der Waals surface area (Å²) in [5, 5.41) is 3.51. The maximum absolute atomic E-state index is 11.2. The van der Waals surface area contributed by atoms with Crippen molar-refractivity contribution in [3.63, 3.8) is 0 Å². The molecule has 2 atom stereocenters. The van der Waals surface area contributed by atoms with E-state index in [4.69, 9.17) is 15.2 Å². The van der Waals surface area contributed by atoms with Crippen LogP contribution in [0.15, 0.2) is 4.99 Å². The van der Waals surface area contributed by atoms with Crippen LogP contribution in [0, 0.1) is 5.92 Å². The summed E-state index contributed by atoms with van der Waals surface area (Å²) >= 11 is 0. The predicted octanol–water partition coefficient (Wildman–Crippen LogP) is 1.04. The summed E-state index contributed by atoms with van der Waals surface area (Å²) in [5.74, 6) is 0.905. The molecule has 0 radical (unpaired) electrons. The van der Waals surface area contributed by atoms with Gasteiger partial charge in [0, 0.05) is 39.2 Å². The zero-order valence-electron chi connectivity index (χ0n) is 17.7. The molecule has 3 aliphatic heterocycles. The fraction of sp³-hybridized carbons (Fsp3) is 0.900. The van der Waals surface area contributed by atoms with Gasteiger partial charge in [0.2, 0.25) is 5.91 Å². The van der Waals surface area contributed by atoms with Crippen molar-refractivity contribution in [3.8, 4) is 0 Å². The van der Waals surface area contributed by atoms with E-state index in [1.807, 2.05) is 7.05 Å². The lowest BCUT2D eigenvalue weighted by molar-refractivity contribution is -0.123. The maximum Gasteiger partial charge on any atom is 0.220 e. The maximum atomic E-state index is 11.2. The molecule has 2 unspecified atom stereocenters. The summed E-state index contributed by atoms with van der Waals surface area (Å²) in [4.78, 5) is 20.5. The summed E-state index contributed by atoms with van der Waals surface area (Å²) < 4.78 is 11.7. The van der Waals surface area contributed by atoms with E-state index in [1.54, 1.807) is 0 Å². The normalized spacial score (nSPS) is 26.9. The number of hydrogen-bond acceptors (Lipinski definition) is 5. The molecule has 3 rings (SSSR count). The van der Waals surface area contributed by atoms with Crippen LogP contribution in [0.3, 0.4) is 0 Å². The molecule has 3 N–H and O–H groups in total. The van der Waals surface area contributed by atoms with Gasteiger partial charge in [-0.15, -0.1) is 24.0 Å². The van der Waals surface area contributed by atoms with Crippen molar-refractivity contribution < 1.29 is 14.3 Å². The Kier molecular flexibility index (Phi) is 11.0. The number of nitrogens with two attached hydrogens (primary N) is 1. The number of hydrogen-bond donors (Lipinski definition) is 2. The van der Waals surface area contributed by atoms with E-state index in [-0.39, 0.29) is 48.0 Å². The van der Waals surface area contributed by atoms with E-state index < -0.39 is 0 Å². The Morgan fingerprint density at radius 1 is 1.10 bits per heavy atom. The Balaban J connectivity index is 0.00000300. The van der Waals surface area contributed by atoms with Crippen LogP contribution in [0.4, 0.5) is 0 Å². The molecule has 3 saturated heterocycles. The average Bonchev–Trinajstić information content (AvgIpc) is 3.26. The first kappa shape index (κ1) is 24.6. The predicted molar refractivity (Wildman–Crippen MR) is 125 cm³/mol. The topological polar surface area (TPSA) is 92.4 Å². The molecule has 0 aromatic heterocycles. The summed E-state index contributed by atoms with van der Waals surface area (Å²) in [6.07, 6.45) is 6.68. The molecule has 0 saturated carbocycles. The lowest BCUT2D eigenvalue weighted by Gasteiger charge is -2.37. The highest BCUT2D eigenvalue weighted by Crippen LogP contribution is 2.21. The van der Waals surface area contributed by atoms with E-state index >= 15 is 0 Å². The van der Waals surface area contributed by atoms with E-state index in [0.717, 1.165) is 97.0 Å². The van der Waals surface area contributed by atoms with Gasteiger partial charge in [0.1, 0.15) is 6.10 Å². The molecule has 8 nitrogen and oxygen atoms in total. The van der Waals surface area contributed by atoms with E-state index in [0.29, 0.717) is 0 Å². The average molecular weight is 523 g/mol. The quantitative estimate of drug-likeness (QED) is 0.224. The first-order valence-electron chi connectivity index (χ1n) is 10.9. The Hall–Kier alpha value is -0.650. The number of ether oxygens (including phenoxy) is 2. The third-order valence-corrected chi connectivity index (χ3v) is 6.16. The van der Waals surface area contributed by atoms with Gasteiger partial charge in [-0.3, -0.25) is 9.79 Å². The second kappa shape index (κ2) is 12.9. The van der Waals surface area contributed by atoms with Crippen molar-refractivity contribution in [2.75, 3.05) is 59.5 Å². The number of halogens is 1. The lowest BCUT2D eigenvalue weighted by atomic mass is 9.96. The van der Waals surface area contributed by atoms with E-state index in [9.17, 15) is 4.79 Å². The first-order chi connectivity index (χ1) is 13.7. The number of carbonyl (C=O) groups is 1. The molecule has 3 fully saturated rings. The Bertz CT molecular complexity index is 522. The van der Waals surface area contributed by atoms with Crippen molar-refractivity contribution in [2.45, 2.75) is 50.7 Å². The SMILES string of the molecule is CN=C(NCCCCN1CCC(C(N)=O)CC1)N1CCOC(C2CCCO2)C1.I. The van der Waals surface area contributed by atoms with E-state index in [2.05, 4.69) is 20.1 Å². The van der Waals surface area contributed by atoms with Crippen molar-refractivity contribution >= 4 is 35.8 Å².